The highest BCUT2D eigenvalue weighted by atomic mass is 32.2. The number of anilines is 1. The Morgan fingerprint density at radius 3 is 2.84 bits per heavy atom. The van der Waals surface area contributed by atoms with Crippen LogP contribution in [0.1, 0.15) is 50.0 Å². The number of aryl methyl sites for hydroxylation is 1. The summed E-state index contributed by atoms with van der Waals surface area (Å²) in [7, 11) is -3.04. The first-order valence-electron chi connectivity index (χ1n) is 11.0. The van der Waals surface area contributed by atoms with Crippen LogP contribution in [0.5, 0.6) is 0 Å². The number of aromatic nitrogens is 2. The van der Waals surface area contributed by atoms with E-state index in [0.29, 0.717) is 29.9 Å². The molecule has 2 N–H and O–H groups in total. The monoisotopic (exact) mass is 482 g/mol. The van der Waals surface area contributed by atoms with E-state index in [1.807, 2.05) is 0 Å². The second-order valence-corrected chi connectivity index (χ2v) is 13.0. The molecule has 31 heavy (non-hydrogen) atoms. The van der Waals surface area contributed by atoms with E-state index >= 15 is 0 Å². The topological polar surface area (TPSA) is 106 Å². The van der Waals surface area contributed by atoms with Gasteiger partial charge in [-0.3, -0.25) is 4.79 Å². The zero-order valence-electron chi connectivity index (χ0n) is 18.1. The standard InChI is InChI=1S/C21H30N4O3S3/c1-3-4-8-25(14-7-9-31(27,28)12-14)17(26)11-29-21-23-19(22)18-15-6-5-13(2)10-16(15)30-20(18)24-21/h13-14H,3-12H2,1-2H3,(H2,22,23,24). The molecule has 2 atom stereocenters. The van der Waals surface area contributed by atoms with E-state index in [-0.39, 0.29) is 29.2 Å². The molecule has 0 spiro atoms. The molecule has 0 saturated carbocycles. The lowest BCUT2D eigenvalue weighted by molar-refractivity contribution is -0.130. The third-order valence-corrected chi connectivity index (χ3v) is 9.94. The summed E-state index contributed by atoms with van der Waals surface area (Å²) in [5.41, 5.74) is 7.60. The Kier molecular flexibility index (Phi) is 6.79. The minimum absolute atomic E-state index is 0.0536. The second kappa shape index (κ2) is 9.23. The fourth-order valence-electron chi connectivity index (χ4n) is 4.48. The number of thiophene rings is 1. The van der Waals surface area contributed by atoms with E-state index in [1.165, 1.54) is 22.2 Å². The van der Waals surface area contributed by atoms with Gasteiger partial charge in [-0.25, -0.2) is 18.4 Å². The number of carbonyl (C=O) groups excluding carboxylic acids is 1. The summed E-state index contributed by atoms with van der Waals surface area (Å²) in [6.07, 6.45) is 5.58. The first-order valence-corrected chi connectivity index (χ1v) is 14.6. The molecular weight excluding hydrogens is 452 g/mol. The van der Waals surface area contributed by atoms with Crippen LogP contribution in [0.2, 0.25) is 0 Å². The molecule has 2 aromatic rings. The summed E-state index contributed by atoms with van der Waals surface area (Å²) in [6.45, 7) is 4.93. The van der Waals surface area contributed by atoms with Gasteiger partial charge in [-0.2, -0.15) is 0 Å². The van der Waals surface area contributed by atoms with Crippen LogP contribution in [0.15, 0.2) is 5.16 Å². The molecule has 0 bridgehead atoms. The molecule has 7 nitrogen and oxygen atoms in total. The minimum atomic E-state index is -3.04. The number of fused-ring (bicyclic) bond motifs is 3. The largest absolute Gasteiger partial charge is 0.383 e. The third-order valence-electron chi connectivity index (χ3n) is 6.21. The average Bonchev–Trinajstić information content (AvgIpc) is 3.25. The number of hydrogen-bond acceptors (Lipinski definition) is 8. The Bertz CT molecular complexity index is 1080. The number of nitrogen functional groups attached to an aromatic ring is 1. The van der Waals surface area contributed by atoms with Crippen LogP contribution in [0.4, 0.5) is 5.82 Å². The first kappa shape index (κ1) is 22.8. The number of nitrogens with two attached hydrogens (primary N) is 1. The van der Waals surface area contributed by atoms with E-state index in [0.717, 1.165) is 42.3 Å². The van der Waals surface area contributed by atoms with Gasteiger partial charge in [0.1, 0.15) is 10.6 Å². The van der Waals surface area contributed by atoms with Gasteiger partial charge in [-0.1, -0.05) is 32.0 Å². The summed E-state index contributed by atoms with van der Waals surface area (Å²) >= 11 is 2.99. The quantitative estimate of drug-likeness (QED) is 0.477. The van der Waals surface area contributed by atoms with Gasteiger partial charge in [0.25, 0.3) is 0 Å². The van der Waals surface area contributed by atoms with Crippen molar-refractivity contribution in [2.75, 3.05) is 29.5 Å². The van der Waals surface area contributed by atoms with Gasteiger partial charge in [0.05, 0.1) is 22.6 Å². The number of carbonyl (C=O) groups is 1. The summed E-state index contributed by atoms with van der Waals surface area (Å²) in [5, 5.41) is 1.50. The zero-order valence-corrected chi connectivity index (χ0v) is 20.5. The van der Waals surface area contributed by atoms with Crippen molar-refractivity contribution in [1.29, 1.82) is 0 Å². The predicted octanol–water partition coefficient (Wildman–Crippen LogP) is 3.31. The van der Waals surface area contributed by atoms with Crippen LogP contribution in [0.3, 0.4) is 0 Å². The Hall–Kier alpha value is -1.39. The van der Waals surface area contributed by atoms with Crippen molar-refractivity contribution in [3.8, 4) is 0 Å². The van der Waals surface area contributed by atoms with Crippen molar-refractivity contribution in [2.24, 2.45) is 5.92 Å². The van der Waals surface area contributed by atoms with Gasteiger partial charge in [0.2, 0.25) is 5.91 Å². The lowest BCUT2D eigenvalue weighted by Crippen LogP contribution is -2.42. The smallest absolute Gasteiger partial charge is 0.233 e. The van der Waals surface area contributed by atoms with Crippen LogP contribution in [0, 0.1) is 5.92 Å². The van der Waals surface area contributed by atoms with E-state index in [4.69, 9.17) is 10.7 Å². The molecule has 1 fully saturated rings. The molecule has 2 aliphatic rings. The third kappa shape index (κ3) is 5.01. The Morgan fingerprint density at radius 1 is 1.32 bits per heavy atom. The molecule has 10 heteroatoms. The summed E-state index contributed by atoms with van der Waals surface area (Å²) in [5.74, 6) is 1.54. The Balaban J connectivity index is 1.48. The van der Waals surface area contributed by atoms with Gasteiger partial charge < -0.3 is 10.6 Å². The number of rotatable bonds is 7. The molecule has 2 unspecified atom stereocenters. The molecule has 1 aliphatic heterocycles. The normalized spacial score (nSPS) is 22.5. The highest BCUT2D eigenvalue weighted by Crippen LogP contribution is 2.40. The summed E-state index contributed by atoms with van der Waals surface area (Å²) in [4.78, 5) is 26.2. The summed E-state index contributed by atoms with van der Waals surface area (Å²) < 4.78 is 23.8. The molecule has 4 rings (SSSR count). The lowest BCUT2D eigenvalue weighted by Gasteiger charge is -2.28. The first-order chi connectivity index (χ1) is 14.8. The van der Waals surface area contributed by atoms with Crippen LogP contribution in [-0.2, 0) is 27.5 Å². The molecule has 0 aromatic carbocycles. The second-order valence-electron chi connectivity index (χ2n) is 8.71. The van der Waals surface area contributed by atoms with Crippen molar-refractivity contribution in [2.45, 2.75) is 63.6 Å². The zero-order chi connectivity index (χ0) is 22.2. The van der Waals surface area contributed by atoms with Crippen molar-refractivity contribution < 1.29 is 13.2 Å². The maximum Gasteiger partial charge on any atom is 0.233 e. The van der Waals surface area contributed by atoms with Crippen LogP contribution < -0.4 is 5.73 Å². The number of unbranched alkanes of at least 4 members (excludes halogenated alkanes) is 1. The maximum absolute atomic E-state index is 13.0. The molecule has 0 radical (unpaired) electrons. The highest BCUT2D eigenvalue weighted by molar-refractivity contribution is 7.99. The molecular formula is C21H30N4O3S3. The van der Waals surface area contributed by atoms with E-state index in [9.17, 15) is 13.2 Å². The summed E-state index contributed by atoms with van der Waals surface area (Å²) in [6, 6.07) is -0.218. The van der Waals surface area contributed by atoms with E-state index in [1.54, 1.807) is 16.2 Å². The fourth-order valence-corrected chi connectivity index (χ4v) is 8.40. The maximum atomic E-state index is 13.0. The average molecular weight is 483 g/mol. The van der Waals surface area contributed by atoms with Crippen LogP contribution in [-0.4, -0.2) is 59.0 Å². The van der Waals surface area contributed by atoms with Crippen molar-refractivity contribution in [3.63, 3.8) is 0 Å². The number of sulfone groups is 1. The number of amides is 1. The minimum Gasteiger partial charge on any atom is -0.383 e. The lowest BCUT2D eigenvalue weighted by atomic mass is 9.89. The van der Waals surface area contributed by atoms with Gasteiger partial charge >= 0.3 is 0 Å². The molecule has 1 saturated heterocycles. The van der Waals surface area contributed by atoms with Gasteiger partial charge in [0, 0.05) is 17.5 Å². The van der Waals surface area contributed by atoms with Crippen molar-refractivity contribution in [3.05, 3.63) is 10.4 Å². The number of nitrogens with zero attached hydrogens (tertiary/aromatic N) is 3. The molecule has 1 amide bonds. The van der Waals surface area contributed by atoms with E-state index in [2.05, 4.69) is 18.8 Å². The molecule has 170 valence electrons. The van der Waals surface area contributed by atoms with Crippen molar-refractivity contribution in [1.82, 2.24) is 14.9 Å². The van der Waals surface area contributed by atoms with Crippen LogP contribution in [0.25, 0.3) is 10.2 Å². The van der Waals surface area contributed by atoms with Crippen LogP contribution >= 0.6 is 23.1 Å². The molecule has 1 aliphatic carbocycles. The SMILES string of the molecule is CCCCN(C(=O)CSc1nc(N)c2c3c(sc2n1)CC(C)CC3)C1CCS(=O)(=O)C1. The molecule has 3 heterocycles. The van der Waals surface area contributed by atoms with Gasteiger partial charge in [-0.05, 0) is 43.6 Å². The Morgan fingerprint density at radius 2 is 2.13 bits per heavy atom. The predicted molar refractivity (Wildman–Crippen MR) is 127 cm³/mol. The van der Waals surface area contributed by atoms with Gasteiger partial charge in [0.15, 0.2) is 15.0 Å². The Labute approximate surface area is 192 Å². The highest BCUT2D eigenvalue weighted by Gasteiger charge is 2.34. The van der Waals surface area contributed by atoms with Crippen molar-refractivity contribution >= 4 is 54.9 Å². The van der Waals surface area contributed by atoms with E-state index < -0.39 is 9.84 Å². The fraction of sp³-hybridized carbons (Fsp3) is 0.667. The molecule has 2 aromatic heterocycles. The number of hydrogen-bond donors (Lipinski definition) is 1. The number of thioether (sulfide) groups is 1. The van der Waals surface area contributed by atoms with Gasteiger partial charge in [-0.15, -0.1) is 11.3 Å².